The topological polar surface area (TPSA) is 41.1 Å². The van der Waals surface area contributed by atoms with E-state index in [0.29, 0.717) is 16.9 Å². The molecule has 1 aromatic carbocycles. The normalized spacial score (nSPS) is 27.5. The van der Waals surface area contributed by atoms with Crippen molar-refractivity contribution in [3.05, 3.63) is 41.4 Å². The summed E-state index contributed by atoms with van der Waals surface area (Å²) < 4.78 is 0. The van der Waals surface area contributed by atoms with Gasteiger partial charge >= 0.3 is 6.03 Å². The average Bonchev–Trinajstić information content (AvgIpc) is 3.01. The first-order valence-electron chi connectivity index (χ1n) is 6.69. The minimum Gasteiger partial charge on any atom is -0.338 e. The molecule has 19 heavy (non-hydrogen) atoms. The van der Waals surface area contributed by atoms with Crippen LogP contribution in [0.15, 0.2) is 36.4 Å². The third kappa shape index (κ3) is 2.92. The molecule has 0 aliphatic heterocycles. The fourth-order valence-electron chi connectivity index (χ4n) is 3.06. The number of benzene rings is 1. The van der Waals surface area contributed by atoms with Crippen LogP contribution in [-0.2, 0) is 0 Å². The Kier molecular flexibility index (Phi) is 3.47. The SMILES string of the molecule is O=C(NCC1CC2C=CC1C2)Nc1ccc(Cl)cc1. The highest BCUT2D eigenvalue weighted by Gasteiger charge is 2.35. The number of amides is 2. The Morgan fingerprint density at radius 3 is 2.63 bits per heavy atom. The third-order valence-electron chi connectivity index (χ3n) is 4.04. The van der Waals surface area contributed by atoms with E-state index >= 15 is 0 Å². The Balaban J connectivity index is 1.47. The zero-order valence-corrected chi connectivity index (χ0v) is 11.4. The van der Waals surface area contributed by atoms with Crippen LogP contribution >= 0.6 is 11.6 Å². The van der Waals surface area contributed by atoms with Gasteiger partial charge in [-0.25, -0.2) is 4.79 Å². The largest absolute Gasteiger partial charge is 0.338 e. The van der Waals surface area contributed by atoms with Crippen LogP contribution in [0.1, 0.15) is 12.8 Å². The van der Waals surface area contributed by atoms with Gasteiger partial charge in [-0.3, -0.25) is 0 Å². The highest BCUT2D eigenvalue weighted by molar-refractivity contribution is 6.30. The lowest BCUT2D eigenvalue weighted by Gasteiger charge is -2.18. The number of anilines is 1. The van der Waals surface area contributed by atoms with Gasteiger partial charge in [-0.05, 0) is 54.9 Å². The van der Waals surface area contributed by atoms with Gasteiger partial charge in [0.25, 0.3) is 0 Å². The molecule has 0 saturated heterocycles. The zero-order valence-electron chi connectivity index (χ0n) is 10.6. The lowest BCUT2D eigenvalue weighted by atomic mass is 9.94. The summed E-state index contributed by atoms with van der Waals surface area (Å²) in [5, 5.41) is 6.43. The molecule has 2 N–H and O–H groups in total. The van der Waals surface area contributed by atoms with Gasteiger partial charge in [0.05, 0.1) is 0 Å². The van der Waals surface area contributed by atoms with Crippen molar-refractivity contribution in [2.24, 2.45) is 17.8 Å². The Hall–Kier alpha value is -1.48. The molecule has 0 radical (unpaired) electrons. The highest BCUT2D eigenvalue weighted by Crippen LogP contribution is 2.42. The van der Waals surface area contributed by atoms with Crippen LogP contribution in [0.3, 0.4) is 0 Å². The van der Waals surface area contributed by atoms with Crippen LogP contribution in [0, 0.1) is 17.8 Å². The smallest absolute Gasteiger partial charge is 0.319 e. The molecule has 3 atom stereocenters. The molecular weight excluding hydrogens is 260 g/mol. The van der Waals surface area contributed by atoms with Crippen molar-refractivity contribution < 1.29 is 4.79 Å². The molecule has 2 aliphatic rings. The monoisotopic (exact) mass is 276 g/mol. The van der Waals surface area contributed by atoms with Gasteiger partial charge in [-0.15, -0.1) is 0 Å². The molecule has 3 unspecified atom stereocenters. The number of urea groups is 1. The molecule has 1 fully saturated rings. The first-order valence-corrected chi connectivity index (χ1v) is 7.07. The van der Waals surface area contributed by atoms with Crippen molar-refractivity contribution in [1.82, 2.24) is 5.32 Å². The van der Waals surface area contributed by atoms with E-state index in [0.717, 1.165) is 18.2 Å². The Morgan fingerprint density at radius 1 is 1.21 bits per heavy atom. The van der Waals surface area contributed by atoms with E-state index in [1.807, 2.05) is 0 Å². The number of halogens is 1. The minimum absolute atomic E-state index is 0.144. The maximum atomic E-state index is 11.8. The Labute approximate surface area is 118 Å². The molecule has 2 amide bonds. The van der Waals surface area contributed by atoms with E-state index in [1.165, 1.54) is 12.8 Å². The van der Waals surface area contributed by atoms with Crippen LogP contribution < -0.4 is 10.6 Å². The first-order chi connectivity index (χ1) is 9.20. The number of hydrogen-bond donors (Lipinski definition) is 2. The highest BCUT2D eigenvalue weighted by atomic mass is 35.5. The maximum Gasteiger partial charge on any atom is 0.319 e. The number of allylic oxidation sites excluding steroid dienone is 2. The van der Waals surface area contributed by atoms with Gasteiger partial charge < -0.3 is 10.6 Å². The van der Waals surface area contributed by atoms with Crippen LogP contribution in [0.4, 0.5) is 10.5 Å². The van der Waals surface area contributed by atoms with E-state index in [-0.39, 0.29) is 6.03 Å². The summed E-state index contributed by atoms with van der Waals surface area (Å²) >= 11 is 5.80. The number of hydrogen-bond acceptors (Lipinski definition) is 1. The molecule has 0 spiro atoms. The second-order valence-electron chi connectivity index (χ2n) is 5.38. The molecule has 0 heterocycles. The fourth-order valence-corrected chi connectivity index (χ4v) is 3.19. The number of rotatable bonds is 3. The van der Waals surface area contributed by atoms with Gasteiger partial charge in [0, 0.05) is 17.3 Å². The molecular formula is C15H17ClN2O. The molecule has 0 aromatic heterocycles. The Bertz CT molecular complexity index is 497. The quantitative estimate of drug-likeness (QED) is 0.813. The van der Waals surface area contributed by atoms with Crippen LogP contribution in [-0.4, -0.2) is 12.6 Å². The molecule has 3 nitrogen and oxygen atoms in total. The van der Waals surface area contributed by atoms with Crippen molar-refractivity contribution >= 4 is 23.3 Å². The number of fused-ring (bicyclic) bond motifs is 2. The van der Waals surface area contributed by atoms with Crippen molar-refractivity contribution in [3.63, 3.8) is 0 Å². The predicted octanol–water partition coefficient (Wildman–Crippen LogP) is 3.67. The summed E-state index contributed by atoms with van der Waals surface area (Å²) in [5.41, 5.74) is 0.759. The maximum absolute atomic E-state index is 11.8. The lowest BCUT2D eigenvalue weighted by Crippen LogP contribution is -2.34. The summed E-state index contributed by atoms with van der Waals surface area (Å²) in [7, 11) is 0. The fraction of sp³-hybridized carbons (Fsp3) is 0.400. The van der Waals surface area contributed by atoms with Crippen LogP contribution in [0.2, 0.25) is 5.02 Å². The summed E-state index contributed by atoms with van der Waals surface area (Å²) in [6.45, 7) is 0.755. The summed E-state index contributed by atoms with van der Waals surface area (Å²) in [5.74, 6) is 2.02. The second kappa shape index (κ2) is 5.25. The van der Waals surface area contributed by atoms with Crippen LogP contribution in [0.25, 0.3) is 0 Å². The zero-order chi connectivity index (χ0) is 13.2. The van der Waals surface area contributed by atoms with E-state index in [2.05, 4.69) is 22.8 Å². The minimum atomic E-state index is -0.144. The molecule has 1 aromatic rings. The van der Waals surface area contributed by atoms with E-state index in [1.54, 1.807) is 24.3 Å². The number of carbonyl (C=O) groups is 1. The summed E-state index contributed by atoms with van der Waals surface area (Å²) in [6, 6.07) is 6.97. The van der Waals surface area contributed by atoms with E-state index < -0.39 is 0 Å². The van der Waals surface area contributed by atoms with E-state index in [9.17, 15) is 4.79 Å². The first kappa shape index (κ1) is 12.5. The van der Waals surface area contributed by atoms with Crippen molar-refractivity contribution in [3.8, 4) is 0 Å². The van der Waals surface area contributed by atoms with Crippen molar-refractivity contribution in [2.75, 3.05) is 11.9 Å². The van der Waals surface area contributed by atoms with Gasteiger partial charge in [0.2, 0.25) is 0 Å². The summed E-state index contributed by atoms with van der Waals surface area (Å²) in [6.07, 6.45) is 7.10. The molecule has 1 saturated carbocycles. The average molecular weight is 277 g/mol. The number of carbonyl (C=O) groups excluding carboxylic acids is 1. The number of nitrogens with one attached hydrogen (secondary N) is 2. The molecule has 2 bridgehead atoms. The molecule has 3 rings (SSSR count). The van der Waals surface area contributed by atoms with Crippen LogP contribution in [0.5, 0.6) is 0 Å². The molecule has 2 aliphatic carbocycles. The van der Waals surface area contributed by atoms with Crippen molar-refractivity contribution in [2.45, 2.75) is 12.8 Å². The standard InChI is InChI=1S/C15H17ClN2O/c16-13-3-5-14(6-4-13)18-15(19)17-9-12-8-10-1-2-11(12)7-10/h1-6,10-12H,7-9H2,(H2,17,18,19). The second-order valence-corrected chi connectivity index (χ2v) is 5.82. The Morgan fingerprint density at radius 2 is 2.00 bits per heavy atom. The lowest BCUT2D eigenvalue weighted by molar-refractivity contribution is 0.249. The molecule has 4 heteroatoms. The summed E-state index contributed by atoms with van der Waals surface area (Å²) in [4.78, 5) is 11.8. The van der Waals surface area contributed by atoms with Gasteiger partial charge in [0.15, 0.2) is 0 Å². The van der Waals surface area contributed by atoms with Gasteiger partial charge in [-0.1, -0.05) is 23.8 Å². The molecule has 100 valence electrons. The van der Waals surface area contributed by atoms with Gasteiger partial charge in [0.1, 0.15) is 0 Å². The van der Waals surface area contributed by atoms with Crippen molar-refractivity contribution in [1.29, 1.82) is 0 Å². The van der Waals surface area contributed by atoms with Gasteiger partial charge in [-0.2, -0.15) is 0 Å². The van der Waals surface area contributed by atoms with E-state index in [4.69, 9.17) is 11.6 Å². The predicted molar refractivity (Wildman–Crippen MR) is 77.3 cm³/mol. The third-order valence-corrected chi connectivity index (χ3v) is 4.30.